The second-order valence-corrected chi connectivity index (χ2v) is 17.2. The largest absolute Gasteiger partial charge is 0.331 e. The van der Waals surface area contributed by atoms with Crippen LogP contribution >= 0.6 is 0 Å². The number of hydrogen-bond donors (Lipinski definition) is 0. The molecule has 0 aromatic carbocycles. The second kappa shape index (κ2) is 35.6. The zero-order valence-corrected chi connectivity index (χ0v) is 35.6. The molecular weight excluding hydrogens is 617 g/mol. The molecule has 0 unspecified atom stereocenters. The zero-order valence-electron chi connectivity index (χ0n) is 35.6. The van der Waals surface area contributed by atoms with Crippen LogP contribution in [0.4, 0.5) is 0 Å². The molecule has 0 saturated carbocycles. The lowest BCUT2D eigenvalue weighted by atomic mass is 9.88. The van der Waals surface area contributed by atoms with E-state index in [2.05, 4.69) is 88.4 Å². The molecule has 296 valence electrons. The van der Waals surface area contributed by atoms with E-state index in [4.69, 9.17) is 0 Å². The third-order valence-corrected chi connectivity index (χ3v) is 11.0. The molecule has 0 aliphatic heterocycles. The van der Waals surface area contributed by atoms with E-state index in [1.165, 1.54) is 212 Å². The quantitative estimate of drug-likeness (QED) is 0.0279. The average Bonchev–Trinajstić information content (AvgIpc) is 3.12. The lowest BCUT2D eigenvalue weighted by molar-refractivity contribution is -0.870. The normalized spacial score (nSPS) is 12.4. The highest BCUT2D eigenvalue weighted by atomic mass is 15.3. The molecule has 0 atom stereocenters. The van der Waals surface area contributed by atoms with Crippen LogP contribution < -0.4 is 4.57 Å². The van der Waals surface area contributed by atoms with Crippen LogP contribution in [0.1, 0.15) is 231 Å². The van der Waals surface area contributed by atoms with Gasteiger partial charge in [-0.05, 0) is 75.7 Å². The summed E-state index contributed by atoms with van der Waals surface area (Å²) in [4.78, 5) is 0. The van der Waals surface area contributed by atoms with E-state index >= 15 is 0 Å². The average molecular weight is 709 g/mol. The van der Waals surface area contributed by atoms with Crippen molar-refractivity contribution in [2.45, 2.75) is 232 Å². The van der Waals surface area contributed by atoms with Crippen molar-refractivity contribution in [2.75, 3.05) is 27.7 Å². The van der Waals surface area contributed by atoms with Gasteiger partial charge >= 0.3 is 0 Å². The van der Waals surface area contributed by atoms with Crippen LogP contribution in [0.15, 0.2) is 48.8 Å². The summed E-state index contributed by atoms with van der Waals surface area (Å²) in [6.45, 7) is 7.01. The molecule has 0 radical (unpaired) electrons. The van der Waals surface area contributed by atoms with Crippen LogP contribution in [0.25, 0.3) is 0 Å². The minimum absolute atomic E-state index is 0.742. The highest BCUT2D eigenvalue weighted by Crippen LogP contribution is 2.28. The Hall–Kier alpha value is -1.41. The SMILES string of the molecule is CCCCCCCC/C=C/CCCCCCCCC(CCCCCCCC/C=C/CCCCCCCC)c1cc[n+](CCCC[N+](C)(C)C)cc1. The summed E-state index contributed by atoms with van der Waals surface area (Å²) in [5.41, 5.74) is 1.60. The summed E-state index contributed by atoms with van der Waals surface area (Å²) in [6.07, 6.45) is 58.8. The van der Waals surface area contributed by atoms with Crippen molar-refractivity contribution < 1.29 is 9.05 Å². The van der Waals surface area contributed by atoms with Crippen LogP contribution in [0.3, 0.4) is 0 Å². The standard InChI is InChI=1S/C49H92N2/c1-6-8-10-12-14-16-18-20-22-24-26-28-30-32-34-36-40-48(49-42-45-50(46-43-49)44-38-39-47-51(3,4)5)41-37-35-33-31-29-27-25-23-21-19-17-15-13-11-9-7-2/h20-23,42-43,45-46,48H,6-19,24-41,44,47H2,1-5H3/q+2/b22-20+,23-21+. The lowest BCUT2D eigenvalue weighted by Gasteiger charge is -2.23. The number of rotatable bonds is 38. The molecule has 1 aromatic heterocycles. The summed E-state index contributed by atoms with van der Waals surface area (Å²) >= 11 is 0. The van der Waals surface area contributed by atoms with E-state index in [1.54, 1.807) is 5.56 Å². The van der Waals surface area contributed by atoms with Crippen LogP contribution in [-0.4, -0.2) is 32.2 Å². The monoisotopic (exact) mass is 709 g/mol. The van der Waals surface area contributed by atoms with Crippen molar-refractivity contribution in [1.82, 2.24) is 0 Å². The Bertz CT molecular complexity index is 850. The summed E-state index contributed by atoms with van der Waals surface area (Å²) in [5.74, 6) is 0.742. The smallest absolute Gasteiger partial charge is 0.169 e. The van der Waals surface area contributed by atoms with E-state index in [-0.39, 0.29) is 0 Å². The molecule has 0 N–H and O–H groups in total. The molecule has 0 spiro atoms. The molecule has 0 amide bonds. The number of pyridine rings is 1. The van der Waals surface area contributed by atoms with Crippen molar-refractivity contribution in [3.05, 3.63) is 54.4 Å². The first-order valence-electron chi connectivity index (χ1n) is 23.1. The van der Waals surface area contributed by atoms with E-state index in [1.807, 2.05) is 0 Å². The second-order valence-electron chi connectivity index (χ2n) is 17.2. The fourth-order valence-corrected chi connectivity index (χ4v) is 7.52. The Morgan fingerprint density at radius 1 is 0.451 bits per heavy atom. The Kier molecular flexibility index (Phi) is 33.2. The highest BCUT2D eigenvalue weighted by molar-refractivity contribution is 5.13. The van der Waals surface area contributed by atoms with Crippen molar-refractivity contribution in [1.29, 1.82) is 0 Å². The fraction of sp³-hybridized carbons (Fsp3) is 0.816. The minimum Gasteiger partial charge on any atom is -0.331 e. The highest BCUT2D eigenvalue weighted by Gasteiger charge is 2.14. The fourth-order valence-electron chi connectivity index (χ4n) is 7.52. The van der Waals surface area contributed by atoms with Gasteiger partial charge in [-0.15, -0.1) is 0 Å². The molecule has 1 rings (SSSR count). The maximum Gasteiger partial charge on any atom is 0.169 e. The Labute approximate surface area is 322 Å². The molecular formula is C49H92N2+2. The van der Waals surface area contributed by atoms with Gasteiger partial charge in [-0.2, -0.15) is 0 Å². The number of nitrogens with zero attached hydrogens (tertiary/aromatic N) is 2. The van der Waals surface area contributed by atoms with Gasteiger partial charge in [-0.3, -0.25) is 0 Å². The van der Waals surface area contributed by atoms with E-state index in [9.17, 15) is 0 Å². The van der Waals surface area contributed by atoms with Gasteiger partial charge in [0.2, 0.25) is 0 Å². The molecule has 1 heterocycles. The summed E-state index contributed by atoms with van der Waals surface area (Å²) in [5, 5.41) is 0. The predicted molar refractivity (Wildman–Crippen MR) is 230 cm³/mol. The number of unbranched alkanes of at least 4 members (excludes halogenated alkanes) is 25. The summed E-state index contributed by atoms with van der Waals surface area (Å²) in [6, 6.07) is 4.93. The first-order chi connectivity index (χ1) is 25.0. The Balaban J connectivity index is 2.29. The van der Waals surface area contributed by atoms with Crippen molar-refractivity contribution in [2.24, 2.45) is 0 Å². The number of aryl methyl sites for hydroxylation is 1. The summed E-state index contributed by atoms with van der Waals surface area (Å²) < 4.78 is 3.49. The Morgan fingerprint density at radius 2 is 0.804 bits per heavy atom. The van der Waals surface area contributed by atoms with Gasteiger partial charge in [0.25, 0.3) is 0 Å². The molecule has 0 saturated heterocycles. The topological polar surface area (TPSA) is 3.88 Å². The first-order valence-corrected chi connectivity index (χ1v) is 23.1. The molecule has 0 aliphatic carbocycles. The molecule has 2 nitrogen and oxygen atoms in total. The minimum atomic E-state index is 0.742. The third-order valence-electron chi connectivity index (χ3n) is 11.0. The van der Waals surface area contributed by atoms with E-state index in [0.29, 0.717) is 0 Å². The molecule has 0 fully saturated rings. The molecule has 1 aromatic rings. The number of aromatic nitrogens is 1. The maximum absolute atomic E-state index is 2.46. The first kappa shape index (κ1) is 47.6. The van der Waals surface area contributed by atoms with Gasteiger partial charge < -0.3 is 4.48 Å². The Morgan fingerprint density at radius 3 is 1.18 bits per heavy atom. The molecule has 2 heteroatoms. The van der Waals surface area contributed by atoms with Crippen LogP contribution in [0.2, 0.25) is 0 Å². The van der Waals surface area contributed by atoms with Crippen molar-refractivity contribution in [3.8, 4) is 0 Å². The lowest BCUT2D eigenvalue weighted by Crippen LogP contribution is -2.37. The molecule has 51 heavy (non-hydrogen) atoms. The third kappa shape index (κ3) is 32.9. The van der Waals surface area contributed by atoms with Crippen molar-refractivity contribution >= 4 is 0 Å². The zero-order chi connectivity index (χ0) is 36.9. The predicted octanol–water partition coefficient (Wildman–Crippen LogP) is 15.4. The van der Waals surface area contributed by atoms with Crippen LogP contribution in [0, 0.1) is 0 Å². The number of allylic oxidation sites excluding steroid dienone is 4. The number of quaternary nitrogens is 1. The van der Waals surface area contributed by atoms with Gasteiger partial charge in [0.1, 0.15) is 6.54 Å². The summed E-state index contributed by atoms with van der Waals surface area (Å²) in [7, 11) is 6.90. The van der Waals surface area contributed by atoms with Crippen molar-refractivity contribution in [3.63, 3.8) is 0 Å². The van der Waals surface area contributed by atoms with Crippen LogP contribution in [0.5, 0.6) is 0 Å². The number of hydrogen-bond acceptors (Lipinski definition) is 0. The van der Waals surface area contributed by atoms with Crippen LogP contribution in [-0.2, 0) is 6.54 Å². The van der Waals surface area contributed by atoms with Gasteiger partial charge in [0.05, 0.1) is 27.7 Å². The van der Waals surface area contributed by atoms with E-state index in [0.717, 1.165) is 16.9 Å². The maximum atomic E-state index is 2.46. The van der Waals surface area contributed by atoms with Gasteiger partial charge in [0, 0.05) is 25.0 Å². The molecule has 0 bridgehead atoms. The molecule has 0 aliphatic rings. The van der Waals surface area contributed by atoms with Gasteiger partial charge in [0.15, 0.2) is 12.4 Å². The van der Waals surface area contributed by atoms with Gasteiger partial charge in [-0.1, -0.05) is 167 Å². The van der Waals surface area contributed by atoms with Gasteiger partial charge in [-0.25, -0.2) is 4.57 Å². The van der Waals surface area contributed by atoms with E-state index < -0.39 is 0 Å².